The van der Waals surface area contributed by atoms with Gasteiger partial charge in [-0.15, -0.1) is 0 Å². The summed E-state index contributed by atoms with van der Waals surface area (Å²) in [6.45, 7) is 0. The number of hydrogen-bond donors (Lipinski definition) is 3. The van der Waals surface area contributed by atoms with Crippen molar-refractivity contribution in [2.24, 2.45) is 21.8 Å². The molecule has 0 fully saturated rings. The number of rotatable bonds is 5. The minimum Gasteiger partial charge on any atom is -0.454 e. The van der Waals surface area contributed by atoms with Gasteiger partial charge in [0.1, 0.15) is 18.6 Å². The van der Waals surface area contributed by atoms with E-state index in [0.29, 0.717) is 28.3 Å². The molecule has 5 N–H and O–H groups in total. The van der Waals surface area contributed by atoms with E-state index in [1.165, 1.54) is 7.11 Å². The average Bonchev–Trinajstić information content (AvgIpc) is 3.18. The number of furan rings is 1. The van der Waals surface area contributed by atoms with Crippen molar-refractivity contribution >= 4 is 11.7 Å². The van der Waals surface area contributed by atoms with E-state index in [2.05, 4.69) is 20.1 Å². The quantitative estimate of drug-likeness (QED) is 0.280. The van der Waals surface area contributed by atoms with Crippen molar-refractivity contribution in [2.75, 3.05) is 7.11 Å². The van der Waals surface area contributed by atoms with Crippen LogP contribution in [0.1, 0.15) is 11.1 Å². The standard InChI is InChI=1S/C18H17N5O3/c1-25-23-18(20)13-6-7-14(21-10-13)16-9-8-15(26-16)11-2-4-12(5-3-11)17(19)22-24/h2-10,24H,1H3,(H2,19,22)(H2,20,23). The Kier molecular flexibility index (Phi) is 4.84. The third-order valence-electron chi connectivity index (χ3n) is 3.68. The number of hydrogen-bond acceptors (Lipinski definition) is 6. The molecule has 0 amide bonds. The summed E-state index contributed by atoms with van der Waals surface area (Å²) in [6, 6.07) is 14.4. The van der Waals surface area contributed by atoms with Gasteiger partial charge in [-0.2, -0.15) is 0 Å². The molecule has 0 atom stereocenters. The van der Waals surface area contributed by atoms with E-state index in [1.807, 2.05) is 24.3 Å². The molecular formula is C18H17N5O3. The molecule has 1 aromatic carbocycles. The molecular weight excluding hydrogens is 334 g/mol. The van der Waals surface area contributed by atoms with Gasteiger partial charge in [-0.05, 0) is 24.3 Å². The SMILES string of the molecule is CO/N=C(/N)c1ccc(-c2ccc(-c3ccc(/C(N)=N/O)cc3)o2)nc1. The lowest BCUT2D eigenvalue weighted by molar-refractivity contribution is 0.213. The van der Waals surface area contributed by atoms with Crippen LogP contribution >= 0.6 is 0 Å². The second-order valence-electron chi connectivity index (χ2n) is 5.32. The Bertz CT molecular complexity index is 944. The van der Waals surface area contributed by atoms with Crippen LogP contribution in [0.3, 0.4) is 0 Å². The number of pyridine rings is 1. The summed E-state index contributed by atoms with van der Waals surface area (Å²) < 4.78 is 5.87. The molecule has 3 aromatic rings. The summed E-state index contributed by atoms with van der Waals surface area (Å²) in [5.74, 6) is 1.60. The number of oxime groups is 2. The maximum Gasteiger partial charge on any atom is 0.171 e. The highest BCUT2D eigenvalue weighted by atomic mass is 16.6. The second kappa shape index (κ2) is 7.39. The van der Waals surface area contributed by atoms with E-state index < -0.39 is 0 Å². The normalized spacial score (nSPS) is 12.2. The van der Waals surface area contributed by atoms with Crippen LogP contribution in [0.15, 0.2) is 69.5 Å². The number of benzene rings is 1. The molecule has 3 rings (SSSR count). The minimum absolute atomic E-state index is 0.0530. The van der Waals surface area contributed by atoms with E-state index in [4.69, 9.17) is 21.1 Å². The lowest BCUT2D eigenvalue weighted by atomic mass is 10.1. The summed E-state index contributed by atoms with van der Waals surface area (Å²) in [4.78, 5) is 8.98. The number of aromatic nitrogens is 1. The smallest absolute Gasteiger partial charge is 0.171 e. The highest BCUT2D eigenvalue weighted by Gasteiger charge is 2.09. The Hall–Kier alpha value is -3.81. The molecule has 0 unspecified atom stereocenters. The van der Waals surface area contributed by atoms with Crippen LogP contribution in [0, 0.1) is 0 Å². The molecule has 2 aromatic heterocycles. The first-order chi connectivity index (χ1) is 12.6. The Labute approximate surface area is 149 Å². The predicted molar refractivity (Wildman–Crippen MR) is 97.6 cm³/mol. The Balaban J connectivity index is 1.82. The average molecular weight is 351 g/mol. The van der Waals surface area contributed by atoms with Crippen molar-refractivity contribution < 1.29 is 14.5 Å². The van der Waals surface area contributed by atoms with Crippen LogP contribution in [0.5, 0.6) is 0 Å². The molecule has 0 saturated carbocycles. The van der Waals surface area contributed by atoms with Crippen molar-refractivity contribution in [3.8, 4) is 22.8 Å². The topological polar surface area (TPSA) is 132 Å². The van der Waals surface area contributed by atoms with E-state index >= 15 is 0 Å². The Morgan fingerprint density at radius 2 is 1.65 bits per heavy atom. The van der Waals surface area contributed by atoms with Crippen molar-refractivity contribution in [1.29, 1.82) is 0 Å². The molecule has 0 aliphatic carbocycles. The van der Waals surface area contributed by atoms with Gasteiger partial charge in [0.25, 0.3) is 0 Å². The van der Waals surface area contributed by atoms with Gasteiger partial charge in [0.2, 0.25) is 0 Å². The molecule has 8 nitrogen and oxygen atoms in total. The summed E-state index contributed by atoms with van der Waals surface area (Å²) in [5, 5.41) is 15.3. The number of nitrogens with zero attached hydrogens (tertiary/aromatic N) is 3. The maximum absolute atomic E-state index is 8.70. The highest BCUT2D eigenvalue weighted by molar-refractivity contribution is 5.97. The van der Waals surface area contributed by atoms with E-state index in [0.717, 1.165) is 5.56 Å². The van der Waals surface area contributed by atoms with Gasteiger partial charge in [0.15, 0.2) is 17.4 Å². The fourth-order valence-electron chi connectivity index (χ4n) is 2.34. The fourth-order valence-corrected chi connectivity index (χ4v) is 2.34. The molecule has 2 heterocycles. The van der Waals surface area contributed by atoms with E-state index in [-0.39, 0.29) is 11.7 Å². The number of nitrogens with two attached hydrogens (primary N) is 2. The van der Waals surface area contributed by atoms with Crippen LogP contribution in [-0.4, -0.2) is 29.0 Å². The van der Waals surface area contributed by atoms with Gasteiger partial charge in [-0.3, -0.25) is 4.98 Å². The minimum atomic E-state index is 0.0530. The zero-order valence-electron chi connectivity index (χ0n) is 14.0. The zero-order valence-corrected chi connectivity index (χ0v) is 14.0. The van der Waals surface area contributed by atoms with Crippen LogP contribution in [0.2, 0.25) is 0 Å². The zero-order chi connectivity index (χ0) is 18.5. The fraction of sp³-hybridized carbons (Fsp3) is 0.0556. The predicted octanol–water partition coefficient (Wildman–Crippen LogP) is 2.37. The summed E-state index contributed by atoms with van der Waals surface area (Å²) in [5.41, 5.74) is 14.1. The van der Waals surface area contributed by atoms with Crippen molar-refractivity contribution in [1.82, 2.24) is 4.98 Å². The van der Waals surface area contributed by atoms with E-state index in [1.54, 1.807) is 30.5 Å². The van der Waals surface area contributed by atoms with Gasteiger partial charge < -0.3 is 25.9 Å². The van der Waals surface area contributed by atoms with Crippen LogP contribution in [0.4, 0.5) is 0 Å². The maximum atomic E-state index is 8.70. The van der Waals surface area contributed by atoms with E-state index in [9.17, 15) is 0 Å². The summed E-state index contributed by atoms with van der Waals surface area (Å²) in [6.07, 6.45) is 1.60. The molecule has 0 radical (unpaired) electrons. The molecule has 0 bridgehead atoms. The van der Waals surface area contributed by atoms with Crippen LogP contribution in [0.25, 0.3) is 22.8 Å². The van der Waals surface area contributed by atoms with Crippen molar-refractivity contribution in [3.05, 3.63) is 65.9 Å². The lowest BCUT2D eigenvalue weighted by Crippen LogP contribution is -2.13. The van der Waals surface area contributed by atoms with Crippen molar-refractivity contribution in [2.45, 2.75) is 0 Å². The third-order valence-corrected chi connectivity index (χ3v) is 3.68. The number of amidine groups is 2. The monoisotopic (exact) mass is 351 g/mol. The molecule has 0 aliphatic heterocycles. The first-order valence-corrected chi connectivity index (χ1v) is 7.64. The Morgan fingerprint density at radius 1 is 0.962 bits per heavy atom. The van der Waals surface area contributed by atoms with Crippen LogP contribution in [-0.2, 0) is 4.84 Å². The third kappa shape index (κ3) is 3.48. The molecule has 0 spiro atoms. The summed E-state index contributed by atoms with van der Waals surface area (Å²) >= 11 is 0. The molecule has 132 valence electrons. The second-order valence-corrected chi connectivity index (χ2v) is 5.32. The van der Waals surface area contributed by atoms with Gasteiger partial charge in [0.05, 0.1) is 0 Å². The lowest BCUT2D eigenvalue weighted by Gasteiger charge is -2.02. The van der Waals surface area contributed by atoms with Gasteiger partial charge in [-0.1, -0.05) is 34.6 Å². The van der Waals surface area contributed by atoms with Gasteiger partial charge in [-0.25, -0.2) is 0 Å². The molecule has 8 heteroatoms. The molecule has 26 heavy (non-hydrogen) atoms. The Morgan fingerprint density at radius 3 is 2.27 bits per heavy atom. The van der Waals surface area contributed by atoms with Crippen LogP contribution < -0.4 is 11.5 Å². The highest BCUT2D eigenvalue weighted by Crippen LogP contribution is 2.27. The van der Waals surface area contributed by atoms with Gasteiger partial charge in [0, 0.05) is 22.9 Å². The first-order valence-electron chi connectivity index (χ1n) is 7.64. The largest absolute Gasteiger partial charge is 0.454 e. The van der Waals surface area contributed by atoms with Crippen molar-refractivity contribution in [3.63, 3.8) is 0 Å². The first kappa shape index (κ1) is 17.0. The van der Waals surface area contributed by atoms with Gasteiger partial charge >= 0.3 is 0 Å². The summed E-state index contributed by atoms with van der Waals surface area (Å²) in [7, 11) is 1.43. The molecule has 0 aliphatic rings. The molecule has 0 saturated heterocycles.